The number of amides is 1. The van der Waals surface area contributed by atoms with E-state index in [2.05, 4.69) is 30.6 Å². The second-order valence-corrected chi connectivity index (χ2v) is 7.25. The Labute approximate surface area is 169 Å². The largest absolute Gasteiger partial charge is 0.350 e. The summed E-state index contributed by atoms with van der Waals surface area (Å²) in [6.07, 6.45) is 4.67. The molecule has 0 aliphatic rings. The first-order chi connectivity index (χ1) is 13.6. The van der Waals surface area contributed by atoms with Crippen LogP contribution in [0.3, 0.4) is 0 Å². The van der Waals surface area contributed by atoms with Crippen molar-refractivity contribution in [2.45, 2.75) is 19.5 Å². The van der Waals surface area contributed by atoms with Crippen LogP contribution in [0.25, 0.3) is 16.5 Å². The average Bonchev–Trinajstić information content (AvgIpc) is 3.47. The number of hydrogen-bond donors (Lipinski definition) is 2. The van der Waals surface area contributed by atoms with Gasteiger partial charge < -0.3 is 5.32 Å². The van der Waals surface area contributed by atoms with Crippen molar-refractivity contribution in [3.05, 3.63) is 58.8 Å². The molecule has 0 aliphatic heterocycles. The first kappa shape index (κ1) is 18.2. The molecule has 0 saturated carbocycles. The van der Waals surface area contributed by atoms with E-state index in [0.29, 0.717) is 23.0 Å². The number of nitrogens with zero attached hydrogens (tertiary/aromatic N) is 6. The lowest BCUT2D eigenvalue weighted by Gasteiger charge is -2.16. The van der Waals surface area contributed by atoms with Gasteiger partial charge in [0.25, 0.3) is 0 Å². The average molecular weight is 413 g/mol. The maximum absolute atomic E-state index is 12.8. The summed E-state index contributed by atoms with van der Waals surface area (Å²) in [7, 11) is 0. The van der Waals surface area contributed by atoms with Crippen LogP contribution in [-0.4, -0.2) is 40.4 Å². The fourth-order valence-electron chi connectivity index (χ4n) is 2.78. The monoisotopic (exact) mass is 412 g/mol. The molecule has 142 valence electrons. The molecule has 1 unspecified atom stereocenters. The van der Waals surface area contributed by atoms with Gasteiger partial charge in [-0.05, 0) is 36.7 Å². The van der Waals surface area contributed by atoms with Crippen molar-refractivity contribution in [1.29, 1.82) is 0 Å². The highest BCUT2D eigenvalue weighted by Gasteiger charge is 2.21. The van der Waals surface area contributed by atoms with Gasteiger partial charge in [0, 0.05) is 18.3 Å². The summed E-state index contributed by atoms with van der Waals surface area (Å²) in [6, 6.07) is 7.04. The molecule has 0 aromatic carbocycles. The Kier molecular flexibility index (Phi) is 5.08. The van der Waals surface area contributed by atoms with Gasteiger partial charge in [-0.2, -0.15) is 10.2 Å². The van der Waals surface area contributed by atoms with Crippen LogP contribution in [0, 0.1) is 4.77 Å². The molecule has 1 atom stereocenters. The number of aromatic nitrogens is 7. The number of carbonyl (C=O) groups is 1. The van der Waals surface area contributed by atoms with Gasteiger partial charge in [0.05, 0.1) is 4.88 Å². The number of nitrogens with one attached hydrogen (secondary N) is 2. The smallest absolute Gasteiger partial charge is 0.243 e. The van der Waals surface area contributed by atoms with Crippen molar-refractivity contribution in [1.82, 2.24) is 39.8 Å². The Morgan fingerprint density at radius 3 is 3.04 bits per heavy atom. The van der Waals surface area contributed by atoms with Crippen LogP contribution in [0.1, 0.15) is 18.5 Å². The fourth-order valence-corrected chi connectivity index (χ4v) is 3.78. The molecule has 4 aromatic rings. The second-order valence-electron chi connectivity index (χ2n) is 5.92. The van der Waals surface area contributed by atoms with Gasteiger partial charge in [-0.1, -0.05) is 12.1 Å². The third-order valence-electron chi connectivity index (χ3n) is 4.17. The Morgan fingerprint density at radius 2 is 2.29 bits per heavy atom. The summed E-state index contributed by atoms with van der Waals surface area (Å²) in [5.41, 5.74) is 0.822. The Hall–Kier alpha value is -3.18. The summed E-state index contributed by atoms with van der Waals surface area (Å²) in [5.74, 6) is 1.09. The van der Waals surface area contributed by atoms with E-state index in [-0.39, 0.29) is 5.91 Å². The molecule has 1 amide bonds. The van der Waals surface area contributed by atoms with Crippen LogP contribution in [0.15, 0.2) is 48.5 Å². The quantitative estimate of drug-likeness (QED) is 0.471. The molecular formula is C17H16N8OS2. The van der Waals surface area contributed by atoms with Gasteiger partial charge in [-0.3, -0.25) is 14.5 Å². The maximum atomic E-state index is 12.8. The minimum absolute atomic E-state index is 0.177. The van der Waals surface area contributed by atoms with Gasteiger partial charge >= 0.3 is 0 Å². The predicted octanol–water partition coefficient (Wildman–Crippen LogP) is 2.52. The number of aromatic amines is 1. The first-order valence-corrected chi connectivity index (χ1v) is 9.71. The fraction of sp³-hybridized carbons (Fsp3) is 0.176. The SMILES string of the molecule is CC(C(=O)NCc1cccnc1-n1cncn1)n1c(-c2cccs2)n[nH]c1=S. The summed E-state index contributed by atoms with van der Waals surface area (Å²) in [4.78, 5) is 22.0. The normalized spacial score (nSPS) is 12.0. The van der Waals surface area contributed by atoms with Crippen LogP contribution >= 0.6 is 23.6 Å². The second kappa shape index (κ2) is 7.82. The predicted molar refractivity (Wildman–Crippen MR) is 106 cm³/mol. The van der Waals surface area contributed by atoms with Crippen molar-refractivity contribution >= 4 is 29.5 Å². The number of hydrogen-bond acceptors (Lipinski definition) is 7. The molecule has 0 spiro atoms. The summed E-state index contributed by atoms with van der Waals surface area (Å²) >= 11 is 6.87. The highest BCUT2D eigenvalue weighted by molar-refractivity contribution is 7.71. The molecule has 0 radical (unpaired) electrons. The minimum Gasteiger partial charge on any atom is -0.350 e. The van der Waals surface area contributed by atoms with Gasteiger partial charge in [0.2, 0.25) is 5.91 Å². The molecular weight excluding hydrogens is 396 g/mol. The van der Waals surface area contributed by atoms with Gasteiger partial charge in [-0.15, -0.1) is 11.3 Å². The standard InChI is InChI=1S/C17H16N8OS2/c1-11(25-15(22-23-17(25)27)13-5-3-7-28-13)16(26)20-8-12-4-2-6-19-14(12)24-10-18-9-21-24/h2-7,9-11H,8H2,1H3,(H,20,26)(H,23,27). The lowest BCUT2D eigenvalue weighted by Crippen LogP contribution is -2.31. The van der Waals surface area contributed by atoms with E-state index in [0.717, 1.165) is 10.4 Å². The maximum Gasteiger partial charge on any atom is 0.243 e. The molecule has 9 nitrogen and oxygen atoms in total. The van der Waals surface area contributed by atoms with E-state index in [4.69, 9.17) is 12.2 Å². The summed E-state index contributed by atoms with van der Waals surface area (Å²) < 4.78 is 3.68. The highest BCUT2D eigenvalue weighted by Crippen LogP contribution is 2.25. The van der Waals surface area contributed by atoms with E-state index < -0.39 is 6.04 Å². The Balaban J connectivity index is 1.53. The number of H-pyrrole nitrogens is 1. The molecule has 4 aromatic heterocycles. The van der Waals surface area contributed by atoms with Crippen molar-refractivity contribution in [2.75, 3.05) is 0 Å². The lowest BCUT2D eigenvalue weighted by atomic mass is 10.2. The van der Waals surface area contributed by atoms with Crippen molar-refractivity contribution < 1.29 is 4.79 Å². The van der Waals surface area contributed by atoms with E-state index >= 15 is 0 Å². The number of pyridine rings is 1. The number of thiophene rings is 1. The lowest BCUT2D eigenvalue weighted by molar-refractivity contribution is -0.124. The van der Waals surface area contributed by atoms with Crippen LogP contribution < -0.4 is 5.32 Å². The van der Waals surface area contributed by atoms with Crippen molar-refractivity contribution in [2.24, 2.45) is 0 Å². The van der Waals surface area contributed by atoms with Crippen LogP contribution in [0.5, 0.6) is 0 Å². The van der Waals surface area contributed by atoms with Crippen LogP contribution in [0.2, 0.25) is 0 Å². The zero-order valence-corrected chi connectivity index (χ0v) is 16.4. The molecule has 28 heavy (non-hydrogen) atoms. The van der Waals surface area contributed by atoms with E-state index in [1.54, 1.807) is 28.7 Å². The minimum atomic E-state index is -0.533. The molecule has 0 fully saturated rings. The molecule has 4 heterocycles. The topological polar surface area (TPSA) is 106 Å². The van der Waals surface area contributed by atoms with Crippen LogP contribution in [0.4, 0.5) is 0 Å². The van der Waals surface area contributed by atoms with Crippen LogP contribution in [-0.2, 0) is 11.3 Å². The zero-order valence-electron chi connectivity index (χ0n) is 14.8. The first-order valence-electron chi connectivity index (χ1n) is 8.42. The molecule has 0 aliphatic carbocycles. The highest BCUT2D eigenvalue weighted by atomic mass is 32.1. The molecule has 0 saturated heterocycles. The molecule has 11 heteroatoms. The Morgan fingerprint density at radius 1 is 1.39 bits per heavy atom. The number of carbonyl (C=O) groups excluding carboxylic acids is 1. The molecule has 4 rings (SSSR count). The molecule has 0 bridgehead atoms. The number of rotatable bonds is 6. The van der Waals surface area contributed by atoms with Gasteiger partial charge in [0.15, 0.2) is 16.4 Å². The van der Waals surface area contributed by atoms with E-state index in [1.165, 1.54) is 17.7 Å². The van der Waals surface area contributed by atoms with Crippen molar-refractivity contribution in [3.8, 4) is 16.5 Å². The third kappa shape index (κ3) is 3.49. The van der Waals surface area contributed by atoms with E-state index in [1.807, 2.05) is 29.6 Å². The summed E-state index contributed by atoms with van der Waals surface area (Å²) in [6.45, 7) is 2.09. The van der Waals surface area contributed by atoms with Gasteiger partial charge in [0.1, 0.15) is 18.7 Å². The summed E-state index contributed by atoms with van der Waals surface area (Å²) in [5, 5.41) is 16.1. The zero-order chi connectivity index (χ0) is 19.5. The third-order valence-corrected chi connectivity index (χ3v) is 5.32. The molecule has 2 N–H and O–H groups in total. The Bertz CT molecular complexity index is 1130. The van der Waals surface area contributed by atoms with E-state index in [9.17, 15) is 4.79 Å². The van der Waals surface area contributed by atoms with Crippen molar-refractivity contribution in [3.63, 3.8) is 0 Å². The van der Waals surface area contributed by atoms with Gasteiger partial charge in [-0.25, -0.2) is 14.6 Å².